The standard InChI is InChI=1S/C18H24O3/c1-18-7-6-13-12-3-2-11(19)8-10(12)9-15(20)17(13)14(18)4-5-16(18)21/h2-3,8,13-17,19-21H,4-7,9H2,1H3/t13-,14+,15-,16+,17-,18+/m1/s1. The highest BCUT2D eigenvalue weighted by atomic mass is 16.3. The molecule has 6 atom stereocenters. The third-order valence-corrected chi connectivity index (χ3v) is 6.68. The number of phenols is 1. The Kier molecular flexibility index (Phi) is 2.89. The molecular weight excluding hydrogens is 264 g/mol. The summed E-state index contributed by atoms with van der Waals surface area (Å²) in [5.74, 6) is 1.35. The van der Waals surface area contributed by atoms with Gasteiger partial charge in [0, 0.05) is 0 Å². The Morgan fingerprint density at radius 3 is 2.76 bits per heavy atom. The van der Waals surface area contributed by atoms with Crippen molar-refractivity contribution in [3.63, 3.8) is 0 Å². The van der Waals surface area contributed by atoms with Gasteiger partial charge in [0.2, 0.25) is 0 Å². The second-order valence-corrected chi connectivity index (χ2v) is 7.58. The Bertz CT molecular complexity index is 570. The van der Waals surface area contributed by atoms with E-state index in [1.54, 1.807) is 6.07 Å². The molecule has 3 nitrogen and oxygen atoms in total. The van der Waals surface area contributed by atoms with Gasteiger partial charge in [-0.2, -0.15) is 0 Å². The summed E-state index contributed by atoms with van der Waals surface area (Å²) >= 11 is 0. The molecule has 2 saturated carbocycles. The zero-order valence-corrected chi connectivity index (χ0v) is 12.5. The van der Waals surface area contributed by atoms with Crippen LogP contribution in [0.3, 0.4) is 0 Å². The van der Waals surface area contributed by atoms with Crippen molar-refractivity contribution in [2.45, 2.75) is 57.2 Å². The molecular formula is C18H24O3. The fourth-order valence-corrected chi connectivity index (χ4v) is 5.56. The predicted molar refractivity (Wildman–Crippen MR) is 80.1 cm³/mol. The molecule has 114 valence electrons. The number of hydrogen-bond acceptors (Lipinski definition) is 3. The van der Waals surface area contributed by atoms with Gasteiger partial charge in [0.05, 0.1) is 12.2 Å². The second-order valence-electron chi connectivity index (χ2n) is 7.58. The van der Waals surface area contributed by atoms with Gasteiger partial charge in [0.15, 0.2) is 0 Å². The van der Waals surface area contributed by atoms with Gasteiger partial charge in [-0.05, 0) is 78.5 Å². The lowest BCUT2D eigenvalue weighted by Crippen LogP contribution is -2.49. The molecule has 4 rings (SSSR count). The average molecular weight is 288 g/mol. The van der Waals surface area contributed by atoms with Crippen LogP contribution in [0.4, 0.5) is 0 Å². The molecule has 0 bridgehead atoms. The fraction of sp³-hybridized carbons (Fsp3) is 0.667. The summed E-state index contributed by atoms with van der Waals surface area (Å²) in [6.07, 6.45) is 4.05. The van der Waals surface area contributed by atoms with Gasteiger partial charge in [0.25, 0.3) is 0 Å². The number of benzene rings is 1. The van der Waals surface area contributed by atoms with Crippen LogP contribution in [0.5, 0.6) is 5.75 Å². The van der Waals surface area contributed by atoms with Crippen LogP contribution in [0.15, 0.2) is 18.2 Å². The Morgan fingerprint density at radius 1 is 1.14 bits per heavy atom. The molecule has 0 saturated heterocycles. The third kappa shape index (κ3) is 1.80. The SMILES string of the molecule is C[C@]12CC[C@@H]3c4ccc(O)cc4C[C@@H](O)[C@H]3[C@@H]1CC[C@@H]2O. The number of hydrogen-bond donors (Lipinski definition) is 3. The van der Waals surface area contributed by atoms with E-state index in [1.807, 2.05) is 12.1 Å². The Morgan fingerprint density at radius 2 is 1.95 bits per heavy atom. The van der Waals surface area contributed by atoms with Gasteiger partial charge in [0.1, 0.15) is 5.75 Å². The van der Waals surface area contributed by atoms with Crippen LogP contribution < -0.4 is 0 Å². The van der Waals surface area contributed by atoms with Crippen molar-refractivity contribution in [3.8, 4) is 5.75 Å². The minimum atomic E-state index is -0.348. The minimum absolute atomic E-state index is 0.0173. The molecule has 21 heavy (non-hydrogen) atoms. The van der Waals surface area contributed by atoms with E-state index in [0.29, 0.717) is 18.3 Å². The molecule has 3 aliphatic rings. The number of aliphatic hydroxyl groups excluding tert-OH is 2. The monoisotopic (exact) mass is 288 g/mol. The molecule has 0 spiro atoms. The number of fused-ring (bicyclic) bond motifs is 5. The summed E-state index contributed by atoms with van der Waals surface area (Å²) in [5, 5.41) is 30.8. The normalized spacial score (nSPS) is 44.8. The largest absolute Gasteiger partial charge is 0.508 e. The van der Waals surface area contributed by atoms with E-state index in [2.05, 4.69) is 6.92 Å². The number of phenolic OH excluding ortho intramolecular Hbond substituents is 1. The van der Waals surface area contributed by atoms with Gasteiger partial charge in [-0.3, -0.25) is 0 Å². The van der Waals surface area contributed by atoms with Gasteiger partial charge in [-0.15, -0.1) is 0 Å². The zero-order valence-electron chi connectivity index (χ0n) is 12.5. The zero-order chi connectivity index (χ0) is 14.8. The van der Waals surface area contributed by atoms with E-state index >= 15 is 0 Å². The van der Waals surface area contributed by atoms with E-state index in [0.717, 1.165) is 31.2 Å². The first kappa shape index (κ1) is 13.6. The van der Waals surface area contributed by atoms with Crippen LogP contribution in [0.1, 0.15) is 49.7 Å². The van der Waals surface area contributed by atoms with E-state index in [1.165, 1.54) is 5.56 Å². The topological polar surface area (TPSA) is 60.7 Å². The van der Waals surface area contributed by atoms with Crippen LogP contribution in [-0.4, -0.2) is 27.5 Å². The second kappa shape index (κ2) is 4.47. The maximum atomic E-state index is 10.7. The lowest BCUT2D eigenvalue weighted by Gasteiger charge is -2.51. The van der Waals surface area contributed by atoms with Gasteiger partial charge >= 0.3 is 0 Å². The summed E-state index contributed by atoms with van der Waals surface area (Å²) in [6.45, 7) is 2.21. The molecule has 2 fully saturated rings. The number of aliphatic hydroxyl groups is 2. The molecule has 3 heteroatoms. The maximum absolute atomic E-state index is 10.7. The van der Waals surface area contributed by atoms with E-state index < -0.39 is 0 Å². The Balaban J connectivity index is 1.76. The first-order chi connectivity index (χ1) is 10.0. The van der Waals surface area contributed by atoms with Crippen LogP contribution in [-0.2, 0) is 6.42 Å². The third-order valence-electron chi connectivity index (χ3n) is 6.68. The molecule has 0 unspecified atom stereocenters. The van der Waals surface area contributed by atoms with Crippen LogP contribution >= 0.6 is 0 Å². The van der Waals surface area contributed by atoms with Crippen molar-refractivity contribution in [3.05, 3.63) is 29.3 Å². The van der Waals surface area contributed by atoms with Gasteiger partial charge in [-0.25, -0.2) is 0 Å². The highest BCUT2D eigenvalue weighted by molar-refractivity contribution is 5.41. The quantitative estimate of drug-likeness (QED) is 0.687. The van der Waals surface area contributed by atoms with Crippen molar-refractivity contribution in [1.82, 2.24) is 0 Å². The number of rotatable bonds is 0. The number of aromatic hydroxyl groups is 1. The predicted octanol–water partition coefficient (Wildman–Crippen LogP) is 2.58. The molecule has 0 aliphatic heterocycles. The summed E-state index contributed by atoms with van der Waals surface area (Å²) in [5.41, 5.74) is 2.40. The lowest BCUT2D eigenvalue weighted by molar-refractivity contribution is -0.0627. The molecule has 1 aromatic rings. The first-order valence-corrected chi connectivity index (χ1v) is 8.18. The Labute approximate surface area is 125 Å². The first-order valence-electron chi connectivity index (χ1n) is 8.18. The summed E-state index contributed by atoms with van der Waals surface area (Å²) < 4.78 is 0. The fourth-order valence-electron chi connectivity index (χ4n) is 5.56. The summed E-state index contributed by atoms with van der Waals surface area (Å²) in [4.78, 5) is 0. The van der Waals surface area contributed by atoms with E-state index in [4.69, 9.17) is 0 Å². The highest BCUT2D eigenvalue weighted by Crippen LogP contribution is 2.60. The van der Waals surface area contributed by atoms with E-state index in [9.17, 15) is 15.3 Å². The van der Waals surface area contributed by atoms with E-state index in [-0.39, 0.29) is 29.3 Å². The summed E-state index contributed by atoms with van der Waals surface area (Å²) in [7, 11) is 0. The molecule has 3 N–H and O–H groups in total. The minimum Gasteiger partial charge on any atom is -0.508 e. The van der Waals surface area contributed by atoms with Gasteiger partial charge < -0.3 is 15.3 Å². The van der Waals surface area contributed by atoms with Crippen LogP contribution in [0.2, 0.25) is 0 Å². The molecule has 3 aliphatic carbocycles. The van der Waals surface area contributed by atoms with Crippen molar-refractivity contribution in [2.24, 2.45) is 17.3 Å². The van der Waals surface area contributed by atoms with Crippen molar-refractivity contribution >= 4 is 0 Å². The lowest BCUT2D eigenvalue weighted by atomic mass is 9.54. The van der Waals surface area contributed by atoms with Crippen molar-refractivity contribution < 1.29 is 15.3 Å². The van der Waals surface area contributed by atoms with Crippen LogP contribution in [0.25, 0.3) is 0 Å². The van der Waals surface area contributed by atoms with Crippen molar-refractivity contribution in [1.29, 1.82) is 0 Å². The molecule has 0 heterocycles. The maximum Gasteiger partial charge on any atom is 0.115 e. The molecule has 0 aromatic heterocycles. The molecule has 0 radical (unpaired) electrons. The summed E-state index contributed by atoms with van der Waals surface area (Å²) in [6, 6.07) is 5.62. The smallest absolute Gasteiger partial charge is 0.115 e. The molecule has 1 aromatic carbocycles. The highest BCUT2D eigenvalue weighted by Gasteiger charge is 2.56. The Hall–Kier alpha value is -1.06. The van der Waals surface area contributed by atoms with Crippen molar-refractivity contribution in [2.75, 3.05) is 0 Å². The van der Waals surface area contributed by atoms with Crippen LogP contribution in [0, 0.1) is 17.3 Å². The molecule has 0 amide bonds. The van der Waals surface area contributed by atoms with Gasteiger partial charge in [-0.1, -0.05) is 13.0 Å². The average Bonchev–Trinajstić information content (AvgIpc) is 2.74.